The molecule has 0 amide bonds. The average Bonchev–Trinajstić information content (AvgIpc) is 2.27. The highest BCUT2D eigenvalue weighted by atomic mass is 35.5. The summed E-state index contributed by atoms with van der Waals surface area (Å²) in [6.45, 7) is 0. The molecular formula is C12H10ClFN2. The molecule has 0 saturated heterocycles. The van der Waals surface area contributed by atoms with E-state index in [1.165, 1.54) is 12.1 Å². The Hall–Kier alpha value is -1.74. The summed E-state index contributed by atoms with van der Waals surface area (Å²) >= 11 is 5.96. The Labute approximate surface area is 97.8 Å². The van der Waals surface area contributed by atoms with Crippen LogP contribution in [-0.2, 0) is 0 Å². The van der Waals surface area contributed by atoms with Crippen molar-refractivity contribution in [3.05, 3.63) is 53.3 Å². The van der Waals surface area contributed by atoms with E-state index in [9.17, 15) is 4.39 Å². The van der Waals surface area contributed by atoms with Crippen LogP contribution in [0.4, 0.5) is 21.5 Å². The minimum absolute atomic E-state index is 0.129. The third kappa shape index (κ3) is 2.25. The molecule has 4 heteroatoms. The number of halogens is 2. The molecule has 0 saturated carbocycles. The number of anilines is 3. The second-order valence-electron chi connectivity index (χ2n) is 3.34. The maximum atomic E-state index is 13.2. The van der Waals surface area contributed by atoms with Crippen LogP contribution in [0.2, 0.25) is 5.02 Å². The highest BCUT2D eigenvalue weighted by Crippen LogP contribution is 2.26. The fraction of sp³-hybridized carbons (Fsp3) is 0. The third-order valence-electron chi connectivity index (χ3n) is 2.15. The summed E-state index contributed by atoms with van der Waals surface area (Å²) in [5.41, 5.74) is 6.85. The van der Waals surface area contributed by atoms with Gasteiger partial charge < -0.3 is 11.1 Å². The van der Waals surface area contributed by atoms with E-state index in [1.54, 1.807) is 12.1 Å². The van der Waals surface area contributed by atoms with E-state index in [1.807, 2.05) is 18.2 Å². The number of hydrogen-bond donors (Lipinski definition) is 2. The van der Waals surface area contributed by atoms with Crippen LogP contribution in [0.15, 0.2) is 42.5 Å². The summed E-state index contributed by atoms with van der Waals surface area (Å²) in [6, 6.07) is 11.8. The normalized spacial score (nSPS) is 10.1. The first-order chi connectivity index (χ1) is 7.66. The van der Waals surface area contributed by atoms with Crippen LogP contribution in [-0.4, -0.2) is 0 Å². The number of nitrogens with two attached hydrogens (primary N) is 1. The van der Waals surface area contributed by atoms with Crippen LogP contribution in [0, 0.1) is 5.82 Å². The van der Waals surface area contributed by atoms with Gasteiger partial charge in [0.25, 0.3) is 0 Å². The average molecular weight is 237 g/mol. The molecule has 2 nitrogen and oxygen atoms in total. The minimum atomic E-state index is -0.447. The summed E-state index contributed by atoms with van der Waals surface area (Å²) in [4.78, 5) is 0. The molecule has 3 N–H and O–H groups in total. The standard InChI is InChI=1S/C12H10ClFN2/c13-9-3-1-2-4-12(9)16-8-5-6-11(15)10(14)7-8/h1-7,16H,15H2. The highest BCUT2D eigenvalue weighted by molar-refractivity contribution is 6.33. The van der Waals surface area contributed by atoms with Gasteiger partial charge in [0.05, 0.1) is 16.4 Å². The predicted molar refractivity (Wildman–Crippen MR) is 65.5 cm³/mol. The third-order valence-corrected chi connectivity index (χ3v) is 2.48. The van der Waals surface area contributed by atoms with Crippen LogP contribution in [0.3, 0.4) is 0 Å². The fourth-order valence-electron chi connectivity index (χ4n) is 1.32. The Kier molecular flexibility index (Phi) is 2.97. The zero-order valence-electron chi connectivity index (χ0n) is 8.37. The summed E-state index contributed by atoms with van der Waals surface area (Å²) < 4.78 is 13.2. The first kappa shape index (κ1) is 10.8. The lowest BCUT2D eigenvalue weighted by atomic mass is 10.2. The molecule has 0 radical (unpaired) electrons. The quantitative estimate of drug-likeness (QED) is 0.779. The monoisotopic (exact) mass is 236 g/mol. The number of nitrogen functional groups attached to an aromatic ring is 1. The van der Waals surface area contributed by atoms with Crippen LogP contribution < -0.4 is 11.1 Å². The van der Waals surface area contributed by atoms with Gasteiger partial charge in [0, 0.05) is 5.69 Å². The van der Waals surface area contributed by atoms with Crippen LogP contribution in [0.5, 0.6) is 0 Å². The van der Waals surface area contributed by atoms with E-state index >= 15 is 0 Å². The molecule has 0 atom stereocenters. The molecular weight excluding hydrogens is 227 g/mol. The van der Waals surface area contributed by atoms with Gasteiger partial charge in [0.2, 0.25) is 0 Å². The van der Waals surface area contributed by atoms with Crippen molar-refractivity contribution in [3.8, 4) is 0 Å². The van der Waals surface area contributed by atoms with Crippen LogP contribution in [0.1, 0.15) is 0 Å². The Morgan fingerprint density at radius 3 is 2.56 bits per heavy atom. The van der Waals surface area contributed by atoms with Gasteiger partial charge in [0.15, 0.2) is 0 Å². The molecule has 0 spiro atoms. The van der Waals surface area contributed by atoms with Crippen molar-refractivity contribution in [2.75, 3.05) is 11.1 Å². The zero-order chi connectivity index (χ0) is 11.5. The Morgan fingerprint density at radius 1 is 1.12 bits per heavy atom. The SMILES string of the molecule is Nc1ccc(Nc2ccccc2Cl)cc1F. The Bertz CT molecular complexity index is 514. The summed E-state index contributed by atoms with van der Waals surface area (Å²) in [7, 11) is 0. The number of rotatable bonds is 2. The second kappa shape index (κ2) is 4.41. The lowest BCUT2D eigenvalue weighted by Crippen LogP contribution is -1.94. The Balaban J connectivity index is 2.28. The van der Waals surface area contributed by atoms with Crippen molar-refractivity contribution in [3.63, 3.8) is 0 Å². The smallest absolute Gasteiger partial charge is 0.148 e. The van der Waals surface area contributed by atoms with Gasteiger partial charge in [-0.25, -0.2) is 4.39 Å². The molecule has 0 aliphatic carbocycles. The molecule has 0 bridgehead atoms. The number of nitrogens with one attached hydrogen (secondary N) is 1. The number of benzene rings is 2. The van der Waals surface area contributed by atoms with E-state index < -0.39 is 5.82 Å². The summed E-state index contributed by atoms with van der Waals surface area (Å²) in [5, 5.41) is 3.60. The minimum Gasteiger partial charge on any atom is -0.396 e. The van der Waals surface area contributed by atoms with Crippen molar-refractivity contribution in [2.45, 2.75) is 0 Å². The molecule has 82 valence electrons. The molecule has 0 aliphatic rings. The largest absolute Gasteiger partial charge is 0.396 e. The zero-order valence-corrected chi connectivity index (χ0v) is 9.13. The molecule has 16 heavy (non-hydrogen) atoms. The molecule has 2 aromatic carbocycles. The highest BCUT2D eigenvalue weighted by Gasteiger charge is 2.02. The van der Waals surface area contributed by atoms with E-state index in [0.717, 1.165) is 5.69 Å². The molecule has 2 rings (SSSR count). The molecule has 2 aromatic rings. The number of hydrogen-bond acceptors (Lipinski definition) is 2. The first-order valence-electron chi connectivity index (χ1n) is 4.73. The number of para-hydroxylation sites is 1. The van der Waals surface area contributed by atoms with E-state index in [-0.39, 0.29) is 5.69 Å². The molecule has 0 heterocycles. The van der Waals surface area contributed by atoms with E-state index in [0.29, 0.717) is 10.7 Å². The van der Waals surface area contributed by atoms with Crippen molar-refractivity contribution >= 4 is 28.7 Å². The van der Waals surface area contributed by atoms with E-state index in [2.05, 4.69) is 5.32 Å². The van der Waals surface area contributed by atoms with Gasteiger partial charge in [-0.05, 0) is 30.3 Å². The van der Waals surface area contributed by atoms with Crippen LogP contribution in [0.25, 0.3) is 0 Å². The Morgan fingerprint density at radius 2 is 1.88 bits per heavy atom. The van der Waals surface area contributed by atoms with E-state index in [4.69, 9.17) is 17.3 Å². The summed E-state index contributed by atoms with van der Waals surface area (Å²) in [6.07, 6.45) is 0. The molecule has 0 fully saturated rings. The van der Waals surface area contributed by atoms with Gasteiger partial charge in [-0.2, -0.15) is 0 Å². The first-order valence-corrected chi connectivity index (χ1v) is 5.11. The topological polar surface area (TPSA) is 38.0 Å². The van der Waals surface area contributed by atoms with Crippen molar-refractivity contribution in [2.24, 2.45) is 0 Å². The van der Waals surface area contributed by atoms with Crippen LogP contribution >= 0.6 is 11.6 Å². The van der Waals surface area contributed by atoms with Crippen molar-refractivity contribution in [1.82, 2.24) is 0 Å². The molecule has 0 unspecified atom stereocenters. The van der Waals surface area contributed by atoms with Crippen molar-refractivity contribution in [1.29, 1.82) is 0 Å². The predicted octanol–water partition coefficient (Wildman–Crippen LogP) is 3.80. The van der Waals surface area contributed by atoms with Crippen molar-refractivity contribution < 1.29 is 4.39 Å². The molecule has 0 aromatic heterocycles. The maximum absolute atomic E-state index is 13.2. The van der Waals surface area contributed by atoms with Gasteiger partial charge >= 0.3 is 0 Å². The van der Waals surface area contributed by atoms with Gasteiger partial charge in [-0.1, -0.05) is 23.7 Å². The fourth-order valence-corrected chi connectivity index (χ4v) is 1.51. The lowest BCUT2D eigenvalue weighted by molar-refractivity contribution is 0.633. The maximum Gasteiger partial charge on any atom is 0.148 e. The lowest BCUT2D eigenvalue weighted by Gasteiger charge is -2.08. The van der Waals surface area contributed by atoms with Gasteiger partial charge in [-0.15, -0.1) is 0 Å². The second-order valence-corrected chi connectivity index (χ2v) is 3.75. The summed E-state index contributed by atoms with van der Waals surface area (Å²) in [5.74, 6) is -0.447. The van der Waals surface area contributed by atoms with Gasteiger partial charge in [-0.3, -0.25) is 0 Å². The van der Waals surface area contributed by atoms with Gasteiger partial charge in [0.1, 0.15) is 5.82 Å². The molecule has 0 aliphatic heterocycles.